The monoisotopic (exact) mass is 331 g/mol. The van der Waals surface area contributed by atoms with Gasteiger partial charge < -0.3 is 10.1 Å². The largest absolute Gasteiger partial charge is 0.502 e. The Labute approximate surface area is 111 Å². The molecule has 0 saturated heterocycles. The SMILES string of the molecule is C=COCCCNC(C)c1ccc(I)cc1. The van der Waals surface area contributed by atoms with Gasteiger partial charge in [-0.2, -0.15) is 0 Å². The third kappa shape index (κ3) is 4.99. The van der Waals surface area contributed by atoms with Crippen LogP contribution in [0, 0.1) is 3.57 Å². The van der Waals surface area contributed by atoms with Gasteiger partial charge >= 0.3 is 0 Å². The minimum atomic E-state index is 0.390. The summed E-state index contributed by atoms with van der Waals surface area (Å²) >= 11 is 2.32. The Bertz CT molecular complexity index is 310. The Balaban J connectivity index is 2.26. The summed E-state index contributed by atoms with van der Waals surface area (Å²) < 4.78 is 6.33. The number of halogens is 1. The average molecular weight is 331 g/mol. The zero-order valence-electron chi connectivity index (χ0n) is 9.58. The van der Waals surface area contributed by atoms with Crippen LogP contribution < -0.4 is 5.32 Å². The Morgan fingerprint density at radius 2 is 2.12 bits per heavy atom. The van der Waals surface area contributed by atoms with E-state index in [9.17, 15) is 0 Å². The molecule has 0 radical (unpaired) electrons. The summed E-state index contributed by atoms with van der Waals surface area (Å²) in [6.45, 7) is 7.37. The topological polar surface area (TPSA) is 21.3 Å². The molecule has 0 amide bonds. The van der Waals surface area contributed by atoms with E-state index in [0.29, 0.717) is 6.04 Å². The molecule has 1 atom stereocenters. The molecular weight excluding hydrogens is 313 g/mol. The number of nitrogens with one attached hydrogen (secondary N) is 1. The van der Waals surface area contributed by atoms with Gasteiger partial charge in [-0.15, -0.1) is 0 Å². The third-order valence-electron chi connectivity index (χ3n) is 2.38. The second-order valence-corrected chi connectivity index (χ2v) is 4.86. The van der Waals surface area contributed by atoms with Crippen LogP contribution in [-0.4, -0.2) is 13.2 Å². The summed E-state index contributed by atoms with van der Waals surface area (Å²) in [5.74, 6) is 0. The molecular formula is C13H18INO. The lowest BCUT2D eigenvalue weighted by molar-refractivity contribution is 0.243. The zero-order chi connectivity index (χ0) is 11.8. The van der Waals surface area contributed by atoms with E-state index in [2.05, 4.69) is 65.7 Å². The molecule has 16 heavy (non-hydrogen) atoms. The molecule has 0 aliphatic carbocycles. The van der Waals surface area contributed by atoms with Crippen molar-refractivity contribution in [3.8, 4) is 0 Å². The highest BCUT2D eigenvalue weighted by Gasteiger charge is 2.03. The molecule has 0 fully saturated rings. The minimum absolute atomic E-state index is 0.390. The van der Waals surface area contributed by atoms with Gasteiger partial charge in [0.2, 0.25) is 0 Å². The molecule has 0 aromatic heterocycles. The van der Waals surface area contributed by atoms with Crippen LogP contribution in [-0.2, 0) is 4.74 Å². The second-order valence-electron chi connectivity index (χ2n) is 3.62. The van der Waals surface area contributed by atoms with E-state index in [-0.39, 0.29) is 0 Å². The van der Waals surface area contributed by atoms with E-state index >= 15 is 0 Å². The van der Waals surface area contributed by atoms with Crippen LogP contribution in [0.25, 0.3) is 0 Å². The number of ether oxygens (including phenoxy) is 1. The maximum Gasteiger partial charge on any atom is 0.0885 e. The Morgan fingerprint density at radius 1 is 1.44 bits per heavy atom. The lowest BCUT2D eigenvalue weighted by atomic mass is 10.1. The molecule has 0 saturated carbocycles. The van der Waals surface area contributed by atoms with Crippen molar-refractivity contribution in [3.05, 3.63) is 46.2 Å². The fourth-order valence-electron chi connectivity index (χ4n) is 1.43. The van der Waals surface area contributed by atoms with Crippen LogP contribution in [0.1, 0.15) is 24.9 Å². The van der Waals surface area contributed by atoms with Gasteiger partial charge in [0.1, 0.15) is 0 Å². The van der Waals surface area contributed by atoms with E-state index in [1.807, 2.05) is 0 Å². The van der Waals surface area contributed by atoms with Crippen LogP contribution in [0.5, 0.6) is 0 Å². The van der Waals surface area contributed by atoms with Gasteiger partial charge in [0, 0.05) is 9.61 Å². The number of rotatable bonds is 7. The first-order chi connectivity index (χ1) is 7.74. The van der Waals surface area contributed by atoms with Gasteiger partial charge in [0.25, 0.3) is 0 Å². The van der Waals surface area contributed by atoms with Crippen LogP contribution in [0.2, 0.25) is 0 Å². The summed E-state index contributed by atoms with van der Waals surface area (Å²) in [6.07, 6.45) is 2.49. The smallest absolute Gasteiger partial charge is 0.0885 e. The average Bonchev–Trinajstić information content (AvgIpc) is 2.29. The molecule has 88 valence electrons. The van der Waals surface area contributed by atoms with Crippen molar-refractivity contribution in [2.24, 2.45) is 0 Å². The molecule has 1 N–H and O–H groups in total. The predicted octanol–water partition coefficient (Wildman–Crippen LogP) is 3.49. The maximum absolute atomic E-state index is 5.06. The van der Waals surface area contributed by atoms with Gasteiger partial charge in [0.15, 0.2) is 0 Å². The lowest BCUT2D eigenvalue weighted by Crippen LogP contribution is -2.20. The van der Waals surface area contributed by atoms with Crippen molar-refractivity contribution in [3.63, 3.8) is 0 Å². The van der Waals surface area contributed by atoms with Crippen LogP contribution in [0.4, 0.5) is 0 Å². The second kappa shape index (κ2) is 7.68. The maximum atomic E-state index is 5.06. The summed E-state index contributed by atoms with van der Waals surface area (Å²) in [4.78, 5) is 0. The number of hydrogen-bond acceptors (Lipinski definition) is 2. The normalized spacial score (nSPS) is 12.1. The van der Waals surface area contributed by atoms with Gasteiger partial charge in [-0.3, -0.25) is 0 Å². The molecule has 2 nitrogen and oxygen atoms in total. The molecule has 0 aliphatic rings. The van der Waals surface area contributed by atoms with Crippen LogP contribution in [0.3, 0.4) is 0 Å². The van der Waals surface area contributed by atoms with Crippen molar-refractivity contribution in [1.29, 1.82) is 0 Å². The minimum Gasteiger partial charge on any atom is -0.502 e. The summed E-state index contributed by atoms with van der Waals surface area (Å²) in [7, 11) is 0. The van der Waals surface area contributed by atoms with Gasteiger partial charge in [-0.05, 0) is 60.2 Å². The van der Waals surface area contributed by atoms with E-state index in [0.717, 1.165) is 19.6 Å². The fourth-order valence-corrected chi connectivity index (χ4v) is 1.79. The van der Waals surface area contributed by atoms with Crippen molar-refractivity contribution < 1.29 is 4.74 Å². The Kier molecular flexibility index (Phi) is 6.49. The van der Waals surface area contributed by atoms with Gasteiger partial charge in [0.05, 0.1) is 12.9 Å². The van der Waals surface area contributed by atoms with Crippen molar-refractivity contribution in [2.75, 3.05) is 13.2 Å². The van der Waals surface area contributed by atoms with E-state index in [4.69, 9.17) is 4.74 Å². The quantitative estimate of drug-likeness (QED) is 0.469. The zero-order valence-corrected chi connectivity index (χ0v) is 11.7. The Morgan fingerprint density at radius 3 is 2.75 bits per heavy atom. The molecule has 3 heteroatoms. The first-order valence-electron chi connectivity index (χ1n) is 5.45. The molecule has 1 aromatic carbocycles. The summed E-state index contributed by atoms with van der Waals surface area (Å²) in [5, 5.41) is 3.46. The first kappa shape index (κ1) is 13.5. The van der Waals surface area contributed by atoms with E-state index < -0.39 is 0 Å². The van der Waals surface area contributed by atoms with Gasteiger partial charge in [-0.1, -0.05) is 18.7 Å². The fraction of sp³-hybridized carbons (Fsp3) is 0.385. The van der Waals surface area contributed by atoms with E-state index in [1.54, 1.807) is 0 Å². The standard InChI is InChI=1S/C13H18INO/c1-3-16-10-4-9-15-11(2)12-5-7-13(14)8-6-12/h3,5-8,11,15H,1,4,9-10H2,2H3. The summed E-state index contributed by atoms with van der Waals surface area (Å²) in [6, 6.07) is 8.99. The molecule has 1 aromatic rings. The van der Waals surface area contributed by atoms with Crippen LogP contribution >= 0.6 is 22.6 Å². The molecule has 0 spiro atoms. The number of hydrogen-bond donors (Lipinski definition) is 1. The van der Waals surface area contributed by atoms with Crippen molar-refractivity contribution in [1.82, 2.24) is 5.32 Å². The molecule has 1 rings (SSSR count). The predicted molar refractivity (Wildman–Crippen MR) is 76.3 cm³/mol. The lowest BCUT2D eigenvalue weighted by Gasteiger charge is -2.14. The van der Waals surface area contributed by atoms with Crippen molar-refractivity contribution in [2.45, 2.75) is 19.4 Å². The highest BCUT2D eigenvalue weighted by molar-refractivity contribution is 14.1. The first-order valence-corrected chi connectivity index (χ1v) is 6.53. The molecule has 0 bridgehead atoms. The third-order valence-corrected chi connectivity index (χ3v) is 3.10. The Hall–Kier alpha value is -0.550. The highest BCUT2D eigenvalue weighted by atomic mass is 127. The highest BCUT2D eigenvalue weighted by Crippen LogP contribution is 2.14. The van der Waals surface area contributed by atoms with Crippen molar-refractivity contribution >= 4 is 22.6 Å². The molecule has 0 heterocycles. The van der Waals surface area contributed by atoms with Gasteiger partial charge in [-0.25, -0.2) is 0 Å². The summed E-state index contributed by atoms with van der Waals surface area (Å²) in [5.41, 5.74) is 1.32. The number of benzene rings is 1. The van der Waals surface area contributed by atoms with E-state index in [1.165, 1.54) is 15.4 Å². The molecule has 1 unspecified atom stereocenters. The van der Waals surface area contributed by atoms with Crippen LogP contribution in [0.15, 0.2) is 37.1 Å². The molecule has 0 aliphatic heterocycles.